The van der Waals surface area contributed by atoms with Crippen molar-refractivity contribution in [2.24, 2.45) is 5.92 Å². The quantitative estimate of drug-likeness (QED) is 0.687. The molecule has 0 saturated heterocycles. The summed E-state index contributed by atoms with van der Waals surface area (Å²) in [5, 5.41) is 0. The lowest BCUT2D eigenvalue weighted by Crippen LogP contribution is -2.19. The summed E-state index contributed by atoms with van der Waals surface area (Å²) in [5.74, 6) is 1.91. The second-order valence-corrected chi connectivity index (χ2v) is 6.40. The molecule has 1 aromatic carbocycles. The summed E-state index contributed by atoms with van der Waals surface area (Å²) in [6, 6.07) is 5.23. The van der Waals surface area contributed by atoms with E-state index in [4.69, 9.17) is 11.6 Å². The second-order valence-electron chi connectivity index (χ2n) is 6.13. The minimum atomic E-state index is -0.204. The number of alkyl halides is 1. The van der Waals surface area contributed by atoms with Crippen molar-refractivity contribution in [2.45, 2.75) is 57.4 Å². The molecule has 2 nitrogen and oxygen atoms in total. The molecular formula is C17H22ClFN2. The Morgan fingerprint density at radius 1 is 1.29 bits per heavy atom. The molecule has 0 bridgehead atoms. The van der Waals surface area contributed by atoms with Gasteiger partial charge in [0, 0.05) is 6.04 Å². The Bertz CT molecular complexity index is 615. The Kier molecular flexibility index (Phi) is 4.48. The average molecular weight is 309 g/mol. The highest BCUT2D eigenvalue weighted by Gasteiger charge is 2.25. The van der Waals surface area contributed by atoms with Gasteiger partial charge in [0.2, 0.25) is 0 Å². The van der Waals surface area contributed by atoms with Crippen LogP contribution in [0.15, 0.2) is 18.2 Å². The van der Waals surface area contributed by atoms with Crippen LogP contribution in [0.25, 0.3) is 11.0 Å². The van der Waals surface area contributed by atoms with Gasteiger partial charge in [-0.15, -0.1) is 11.6 Å². The summed E-state index contributed by atoms with van der Waals surface area (Å²) >= 11 is 6.06. The minimum absolute atomic E-state index is 0.204. The van der Waals surface area contributed by atoms with Crippen molar-refractivity contribution in [2.75, 3.05) is 0 Å². The summed E-state index contributed by atoms with van der Waals surface area (Å²) in [6.07, 6.45) is 7.41. The predicted molar refractivity (Wildman–Crippen MR) is 85.2 cm³/mol. The molecule has 1 fully saturated rings. The van der Waals surface area contributed by atoms with E-state index < -0.39 is 0 Å². The summed E-state index contributed by atoms with van der Waals surface area (Å²) in [5.41, 5.74) is 1.74. The van der Waals surface area contributed by atoms with Crippen LogP contribution >= 0.6 is 11.6 Å². The highest BCUT2D eigenvalue weighted by atomic mass is 35.5. The molecule has 1 aliphatic carbocycles. The lowest BCUT2D eigenvalue weighted by Gasteiger charge is -2.30. The van der Waals surface area contributed by atoms with E-state index in [2.05, 4.69) is 16.5 Å². The van der Waals surface area contributed by atoms with Gasteiger partial charge in [-0.3, -0.25) is 0 Å². The topological polar surface area (TPSA) is 17.8 Å². The standard InChI is InChI=1S/C17H22ClFN2/c1-2-3-12-4-7-14(8-5-12)21-16-10-13(19)6-9-15(16)20-17(21)11-18/h6,9-10,12,14H,2-5,7-8,11H2,1H3. The largest absolute Gasteiger partial charge is 0.324 e. The van der Waals surface area contributed by atoms with Gasteiger partial charge in [-0.05, 0) is 49.8 Å². The van der Waals surface area contributed by atoms with E-state index in [0.717, 1.165) is 35.6 Å². The Hall–Kier alpha value is -1.09. The molecule has 0 unspecified atom stereocenters. The Morgan fingerprint density at radius 2 is 2.05 bits per heavy atom. The maximum absolute atomic E-state index is 13.6. The van der Waals surface area contributed by atoms with Crippen molar-refractivity contribution in [3.8, 4) is 0 Å². The number of imidazole rings is 1. The SMILES string of the molecule is CCCC1CCC(n2c(CCl)nc3ccc(F)cc32)CC1. The van der Waals surface area contributed by atoms with Gasteiger partial charge < -0.3 is 4.57 Å². The number of nitrogens with zero attached hydrogens (tertiary/aromatic N) is 2. The van der Waals surface area contributed by atoms with E-state index in [9.17, 15) is 4.39 Å². The summed E-state index contributed by atoms with van der Waals surface area (Å²) in [4.78, 5) is 4.57. The highest BCUT2D eigenvalue weighted by Crippen LogP contribution is 2.37. The molecule has 3 rings (SSSR count). The van der Waals surface area contributed by atoms with Gasteiger partial charge in [-0.1, -0.05) is 19.8 Å². The second kappa shape index (κ2) is 6.35. The van der Waals surface area contributed by atoms with Crippen LogP contribution in [0.1, 0.15) is 57.3 Å². The highest BCUT2D eigenvalue weighted by molar-refractivity contribution is 6.16. The lowest BCUT2D eigenvalue weighted by atomic mass is 9.83. The zero-order valence-corrected chi connectivity index (χ0v) is 13.2. The van der Waals surface area contributed by atoms with Gasteiger partial charge in [0.1, 0.15) is 11.6 Å². The fraction of sp³-hybridized carbons (Fsp3) is 0.588. The molecule has 21 heavy (non-hydrogen) atoms. The maximum atomic E-state index is 13.6. The van der Waals surface area contributed by atoms with Crippen LogP contribution in [0.4, 0.5) is 4.39 Å². The van der Waals surface area contributed by atoms with E-state index in [1.807, 2.05) is 0 Å². The zero-order chi connectivity index (χ0) is 14.8. The van der Waals surface area contributed by atoms with Gasteiger partial charge in [0.25, 0.3) is 0 Å². The van der Waals surface area contributed by atoms with E-state index in [1.54, 1.807) is 12.1 Å². The van der Waals surface area contributed by atoms with Gasteiger partial charge in [-0.25, -0.2) is 9.37 Å². The van der Waals surface area contributed by atoms with Gasteiger partial charge >= 0.3 is 0 Å². The lowest BCUT2D eigenvalue weighted by molar-refractivity contribution is 0.263. The molecule has 114 valence electrons. The van der Waals surface area contributed by atoms with Crippen LogP contribution in [0.5, 0.6) is 0 Å². The number of halogens is 2. The number of rotatable bonds is 4. The maximum Gasteiger partial charge on any atom is 0.125 e. The summed E-state index contributed by atoms with van der Waals surface area (Å²) < 4.78 is 15.8. The van der Waals surface area contributed by atoms with Crippen LogP contribution < -0.4 is 0 Å². The molecule has 0 amide bonds. The molecule has 0 radical (unpaired) electrons. The molecule has 1 heterocycles. The molecule has 1 aliphatic rings. The van der Waals surface area contributed by atoms with Crippen molar-refractivity contribution in [1.29, 1.82) is 0 Å². The molecule has 0 N–H and O–H groups in total. The first-order valence-electron chi connectivity index (χ1n) is 7.95. The fourth-order valence-electron chi connectivity index (χ4n) is 3.72. The number of aromatic nitrogens is 2. The first kappa shape index (κ1) is 14.8. The summed E-state index contributed by atoms with van der Waals surface area (Å²) in [7, 11) is 0. The smallest absolute Gasteiger partial charge is 0.125 e. The Morgan fingerprint density at radius 3 is 2.71 bits per heavy atom. The van der Waals surface area contributed by atoms with Crippen LogP contribution in [-0.4, -0.2) is 9.55 Å². The third kappa shape index (κ3) is 2.94. The number of fused-ring (bicyclic) bond motifs is 1. The molecule has 2 aromatic rings. The van der Waals surface area contributed by atoms with Crippen molar-refractivity contribution in [1.82, 2.24) is 9.55 Å². The van der Waals surface area contributed by atoms with Crippen LogP contribution in [-0.2, 0) is 5.88 Å². The fourth-order valence-corrected chi connectivity index (χ4v) is 3.91. The first-order chi connectivity index (χ1) is 10.2. The van der Waals surface area contributed by atoms with Gasteiger partial charge in [-0.2, -0.15) is 0 Å². The molecule has 0 spiro atoms. The van der Waals surface area contributed by atoms with Crippen molar-refractivity contribution in [3.05, 3.63) is 29.8 Å². The van der Waals surface area contributed by atoms with E-state index in [1.165, 1.54) is 31.7 Å². The normalized spacial score (nSPS) is 22.8. The van der Waals surface area contributed by atoms with Crippen molar-refractivity contribution < 1.29 is 4.39 Å². The predicted octanol–water partition coefficient (Wildman–Crippen LogP) is 5.45. The summed E-state index contributed by atoms with van der Waals surface area (Å²) in [6.45, 7) is 2.25. The van der Waals surface area contributed by atoms with Crippen LogP contribution in [0.2, 0.25) is 0 Å². The monoisotopic (exact) mass is 308 g/mol. The number of hydrogen-bond donors (Lipinski definition) is 0. The number of hydrogen-bond acceptors (Lipinski definition) is 1. The van der Waals surface area contributed by atoms with Crippen LogP contribution in [0, 0.1) is 11.7 Å². The Labute approximate surface area is 130 Å². The van der Waals surface area contributed by atoms with E-state index in [0.29, 0.717) is 11.9 Å². The van der Waals surface area contributed by atoms with Crippen LogP contribution in [0.3, 0.4) is 0 Å². The molecule has 0 atom stereocenters. The molecule has 1 saturated carbocycles. The van der Waals surface area contributed by atoms with Crippen molar-refractivity contribution in [3.63, 3.8) is 0 Å². The average Bonchev–Trinajstić information content (AvgIpc) is 2.86. The van der Waals surface area contributed by atoms with Gasteiger partial charge in [0.05, 0.1) is 16.9 Å². The zero-order valence-electron chi connectivity index (χ0n) is 12.5. The van der Waals surface area contributed by atoms with E-state index in [-0.39, 0.29) is 5.82 Å². The molecule has 4 heteroatoms. The van der Waals surface area contributed by atoms with Crippen molar-refractivity contribution >= 4 is 22.6 Å². The third-order valence-electron chi connectivity index (χ3n) is 4.72. The molecule has 0 aliphatic heterocycles. The third-order valence-corrected chi connectivity index (χ3v) is 4.96. The van der Waals surface area contributed by atoms with Gasteiger partial charge in [0.15, 0.2) is 0 Å². The van der Waals surface area contributed by atoms with E-state index >= 15 is 0 Å². The minimum Gasteiger partial charge on any atom is -0.324 e. The molecular weight excluding hydrogens is 287 g/mol. The molecule has 1 aromatic heterocycles. The number of benzene rings is 1. The Balaban J connectivity index is 1.91. The first-order valence-corrected chi connectivity index (χ1v) is 8.48.